The number of alkyl halides is 7. The van der Waals surface area contributed by atoms with E-state index in [1.54, 1.807) is 0 Å². The van der Waals surface area contributed by atoms with E-state index in [0.717, 1.165) is 18.2 Å². The van der Waals surface area contributed by atoms with E-state index in [2.05, 4.69) is 0 Å². The molecule has 0 N–H and O–H groups in total. The fourth-order valence-electron chi connectivity index (χ4n) is 1.80. The van der Waals surface area contributed by atoms with Crippen molar-refractivity contribution in [2.24, 2.45) is 0 Å². The molecule has 0 aliphatic carbocycles. The van der Waals surface area contributed by atoms with E-state index in [0.29, 0.717) is 12.1 Å². The normalized spacial score (nSPS) is 17.3. The third kappa shape index (κ3) is 2.58. The van der Waals surface area contributed by atoms with Gasteiger partial charge in [0.15, 0.2) is 5.60 Å². The molecule has 0 radical (unpaired) electrons. The van der Waals surface area contributed by atoms with Gasteiger partial charge in [0.1, 0.15) is 19.1 Å². The van der Waals surface area contributed by atoms with E-state index < -0.39 is 36.6 Å². The van der Waals surface area contributed by atoms with Gasteiger partial charge >= 0.3 is 12.1 Å². The number of ether oxygens (including phenoxy) is 1. The summed E-state index contributed by atoms with van der Waals surface area (Å²) in [6.07, 6.45) is -3.71. The average molecular weight is 314 g/mol. The molecule has 0 saturated heterocycles. The fourth-order valence-corrected chi connectivity index (χ4v) is 1.80. The first kappa shape index (κ1) is 15.7. The Bertz CT molecular complexity index is 558. The van der Waals surface area contributed by atoms with Gasteiger partial charge in [-0.2, -0.15) is 22.0 Å². The van der Waals surface area contributed by atoms with Crippen molar-refractivity contribution in [3.63, 3.8) is 0 Å². The summed E-state index contributed by atoms with van der Waals surface area (Å²) in [5.74, 6) is -5.18. The summed E-state index contributed by atoms with van der Waals surface area (Å²) in [7, 11) is 0. The molecule has 1 nitrogen and oxygen atoms in total. The van der Waals surface area contributed by atoms with Crippen molar-refractivity contribution in [2.75, 3.05) is 13.3 Å². The molecule has 0 atom stereocenters. The minimum atomic E-state index is -5.73. The zero-order valence-corrected chi connectivity index (χ0v) is 10.4. The molecule has 0 saturated carbocycles. The van der Waals surface area contributed by atoms with Crippen LogP contribution in [0.1, 0.15) is 11.1 Å². The lowest BCUT2D eigenvalue weighted by Crippen LogP contribution is -2.40. The van der Waals surface area contributed by atoms with Crippen LogP contribution >= 0.6 is 0 Å². The quantitative estimate of drug-likeness (QED) is 0.750. The third-order valence-corrected chi connectivity index (χ3v) is 3.06. The minimum Gasteiger partial charge on any atom is -0.477 e. The molecular weight excluding hydrogens is 305 g/mol. The number of hydrogen-bond acceptors (Lipinski definition) is 1. The Hall–Kier alpha value is -1.73. The van der Waals surface area contributed by atoms with Gasteiger partial charge < -0.3 is 4.74 Å². The van der Waals surface area contributed by atoms with Gasteiger partial charge in [0, 0.05) is 11.1 Å². The molecule has 0 spiro atoms. The van der Waals surface area contributed by atoms with Crippen LogP contribution in [-0.2, 0) is 5.92 Å². The number of benzene rings is 1. The molecule has 116 valence electrons. The van der Waals surface area contributed by atoms with Crippen molar-refractivity contribution in [1.29, 1.82) is 0 Å². The zero-order chi connectivity index (χ0) is 15.9. The second kappa shape index (κ2) is 4.92. The van der Waals surface area contributed by atoms with Crippen molar-refractivity contribution >= 4 is 6.08 Å². The molecule has 1 aliphatic rings. The monoisotopic (exact) mass is 314 g/mol. The number of halogens is 7. The summed E-state index contributed by atoms with van der Waals surface area (Å²) >= 11 is 0. The maximum absolute atomic E-state index is 13.2. The lowest BCUT2D eigenvalue weighted by molar-refractivity contribution is -0.289. The standard InChI is InChI=1S/C13H9F7O/c14-6-11(7-15)4-3-8-5-9(1-2-10(8)21-11)12(16,17)13(18,19)20/h1-5H,6-7H2. The van der Waals surface area contributed by atoms with Crippen LogP contribution in [0.2, 0.25) is 0 Å². The topological polar surface area (TPSA) is 9.23 Å². The van der Waals surface area contributed by atoms with E-state index in [1.807, 2.05) is 0 Å². The second-order valence-corrected chi connectivity index (χ2v) is 4.59. The Kier molecular flexibility index (Phi) is 3.67. The van der Waals surface area contributed by atoms with Gasteiger partial charge in [-0.25, -0.2) is 8.78 Å². The molecule has 1 aliphatic heterocycles. The zero-order valence-electron chi connectivity index (χ0n) is 10.4. The second-order valence-electron chi connectivity index (χ2n) is 4.59. The van der Waals surface area contributed by atoms with Crippen molar-refractivity contribution in [1.82, 2.24) is 0 Å². The summed E-state index contributed by atoms with van der Waals surface area (Å²) in [5.41, 5.74) is -3.23. The Morgan fingerprint density at radius 2 is 1.62 bits per heavy atom. The largest absolute Gasteiger partial charge is 0.477 e. The van der Waals surface area contributed by atoms with Gasteiger partial charge in [-0.15, -0.1) is 0 Å². The average Bonchev–Trinajstić information content (AvgIpc) is 2.44. The summed E-state index contributed by atoms with van der Waals surface area (Å²) in [6.45, 7) is -2.39. The Morgan fingerprint density at radius 3 is 2.14 bits per heavy atom. The van der Waals surface area contributed by atoms with Gasteiger partial charge in [0.05, 0.1) is 0 Å². The van der Waals surface area contributed by atoms with Crippen LogP contribution in [0.15, 0.2) is 24.3 Å². The van der Waals surface area contributed by atoms with E-state index in [-0.39, 0.29) is 11.3 Å². The highest BCUT2D eigenvalue weighted by molar-refractivity contribution is 5.62. The Balaban J connectivity index is 2.41. The molecule has 21 heavy (non-hydrogen) atoms. The smallest absolute Gasteiger partial charge is 0.458 e. The highest BCUT2D eigenvalue weighted by Gasteiger charge is 2.58. The molecule has 0 amide bonds. The maximum Gasteiger partial charge on any atom is 0.458 e. The molecule has 0 bridgehead atoms. The van der Waals surface area contributed by atoms with Crippen LogP contribution in [-0.4, -0.2) is 25.1 Å². The molecule has 0 unspecified atom stereocenters. The van der Waals surface area contributed by atoms with E-state index in [1.165, 1.54) is 0 Å². The van der Waals surface area contributed by atoms with E-state index in [9.17, 15) is 30.7 Å². The third-order valence-electron chi connectivity index (χ3n) is 3.06. The SMILES string of the molecule is FCC1(CF)C=Cc2cc(C(F)(F)C(F)(F)F)ccc2O1. The van der Waals surface area contributed by atoms with Gasteiger partial charge in [-0.1, -0.05) is 6.08 Å². The molecule has 0 fully saturated rings. The minimum absolute atomic E-state index is 0.103. The summed E-state index contributed by atoms with van der Waals surface area (Å²) in [4.78, 5) is 0. The van der Waals surface area contributed by atoms with Gasteiger partial charge in [-0.3, -0.25) is 0 Å². The number of hydrogen-bond donors (Lipinski definition) is 0. The van der Waals surface area contributed by atoms with Gasteiger partial charge in [0.25, 0.3) is 0 Å². The summed E-state index contributed by atoms with van der Waals surface area (Å²) in [5, 5.41) is 0. The first-order valence-corrected chi connectivity index (χ1v) is 5.74. The Morgan fingerprint density at radius 1 is 1.00 bits per heavy atom. The van der Waals surface area contributed by atoms with Crippen LogP contribution in [0.5, 0.6) is 5.75 Å². The molecule has 1 aromatic carbocycles. The van der Waals surface area contributed by atoms with Crippen LogP contribution in [0, 0.1) is 0 Å². The van der Waals surface area contributed by atoms with Crippen molar-refractivity contribution in [2.45, 2.75) is 17.7 Å². The fraction of sp³-hybridized carbons (Fsp3) is 0.385. The summed E-state index contributed by atoms with van der Waals surface area (Å²) < 4.78 is 93.8. The maximum atomic E-state index is 13.2. The molecule has 2 rings (SSSR count). The van der Waals surface area contributed by atoms with Crippen molar-refractivity contribution < 1.29 is 35.5 Å². The lowest BCUT2D eigenvalue weighted by atomic mass is 9.98. The van der Waals surface area contributed by atoms with Gasteiger partial charge in [-0.05, 0) is 24.3 Å². The van der Waals surface area contributed by atoms with E-state index in [4.69, 9.17) is 4.74 Å². The van der Waals surface area contributed by atoms with Crippen molar-refractivity contribution in [3.8, 4) is 5.75 Å². The first-order valence-electron chi connectivity index (χ1n) is 5.74. The molecule has 1 heterocycles. The first-order chi connectivity index (χ1) is 9.65. The van der Waals surface area contributed by atoms with Crippen LogP contribution in [0.3, 0.4) is 0 Å². The Labute approximate surface area is 115 Å². The molecule has 1 aromatic rings. The van der Waals surface area contributed by atoms with Crippen LogP contribution in [0.4, 0.5) is 30.7 Å². The predicted octanol–water partition coefficient (Wildman–Crippen LogP) is 4.42. The highest BCUT2D eigenvalue weighted by atomic mass is 19.4. The predicted molar refractivity (Wildman–Crippen MR) is 60.7 cm³/mol. The molecule has 0 aromatic heterocycles. The highest BCUT2D eigenvalue weighted by Crippen LogP contribution is 2.45. The number of fused-ring (bicyclic) bond motifs is 1. The van der Waals surface area contributed by atoms with Gasteiger partial charge in [0.2, 0.25) is 0 Å². The lowest BCUT2D eigenvalue weighted by Gasteiger charge is -2.30. The van der Waals surface area contributed by atoms with Crippen molar-refractivity contribution in [3.05, 3.63) is 35.4 Å². The molecule has 8 heteroatoms. The van der Waals surface area contributed by atoms with Crippen LogP contribution in [0.25, 0.3) is 6.08 Å². The number of rotatable bonds is 3. The summed E-state index contributed by atoms with van der Waals surface area (Å²) in [6, 6.07) is 1.94. The van der Waals surface area contributed by atoms with Crippen LogP contribution < -0.4 is 4.74 Å². The molecular formula is C13H9F7O. The van der Waals surface area contributed by atoms with E-state index >= 15 is 0 Å².